The van der Waals surface area contributed by atoms with Crippen LogP contribution in [-0.4, -0.2) is 70.0 Å². The van der Waals surface area contributed by atoms with E-state index in [-0.39, 0.29) is 26.1 Å². The van der Waals surface area contributed by atoms with Crippen LogP contribution in [0.4, 0.5) is 0 Å². The van der Waals surface area contributed by atoms with Gasteiger partial charge in [0.2, 0.25) is 0 Å². The molecule has 0 fully saturated rings. The third-order valence-corrected chi connectivity index (χ3v) is 16.7. The van der Waals surface area contributed by atoms with E-state index in [4.69, 9.17) is 18.5 Å². The number of quaternary nitrogens is 1. The molecular weight excluding hydrogens is 1180 g/mol. The van der Waals surface area contributed by atoms with Gasteiger partial charge >= 0.3 is 11.9 Å². The predicted octanol–water partition coefficient (Wildman–Crippen LogP) is 24.6. The molecule has 0 aromatic heterocycles. The fourth-order valence-electron chi connectivity index (χ4n) is 10.0. The van der Waals surface area contributed by atoms with Gasteiger partial charge in [-0.25, -0.2) is 0 Å². The number of esters is 2. The third-order valence-electron chi connectivity index (χ3n) is 15.7. The SMILES string of the molecule is CC/C=C\C/C=C\C/C=C\C/C=C\C/C=C\C/C=C\C/C=C\C/C=C\C/C=C\C/C=C\CCCCC(=O)OC(COC(=O)CCCCCCCCCCCCCCCCCCCCCCCCCC/C=C\C/C=C\C/C=C\C/C=C\CC)COP(=O)([O-])OCC[N+](C)(C)C. The number of nitrogens with zero attached hydrogens (tertiary/aromatic N) is 1. The van der Waals surface area contributed by atoms with Gasteiger partial charge in [-0.1, -0.05) is 325 Å². The van der Waals surface area contributed by atoms with Crippen LogP contribution in [0.2, 0.25) is 0 Å². The highest BCUT2D eigenvalue weighted by Crippen LogP contribution is 2.38. The molecule has 94 heavy (non-hydrogen) atoms. The van der Waals surface area contributed by atoms with Gasteiger partial charge < -0.3 is 27.9 Å². The maximum absolute atomic E-state index is 12.9. The van der Waals surface area contributed by atoms with Crippen molar-refractivity contribution in [3.63, 3.8) is 0 Å². The zero-order valence-corrected chi connectivity index (χ0v) is 61.7. The highest BCUT2D eigenvalue weighted by molar-refractivity contribution is 7.45. The van der Waals surface area contributed by atoms with E-state index < -0.39 is 32.5 Å². The van der Waals surface area contributed by atoms with Crippen molar-refractivity contribution in [2.75, 3.05) is 47.5 Å². The zero-order valence-electron chi connectivity index (χ0n) is 60.8. The Morgan fingerprint density at radius 2 is 0.574 bits per heavy atom. The standard InChI is InChI=1S/C84H140NO8P/c1-6-8-10-12-14-16-18-20-22-24-26-28-30-32-34-36-38-40-41-42-43-45-46-48-50-52-54-56-58-60-62-64-66-68-70-72-74-76-83(86)90-80-82(81-92-94(88,89)91-79-78-85(3,4)5)93-84(87)77-75-73-71-69-67-65-63-61-59-57-55-53-51-49-47-44-39-37-35-33-31-29-27-25-23-21-19-17-15-13-11-9-7-2/h8-11,14-17,20-23,26-29,33,35,39,44,49,51,55,57,61,63,67,69,82H,6-7,12-13,18-19,24-25,30-32,34,36-38,40-43,45-48,50,52-54,56,58-60,62,64-66,68,70-81H2,1-5H3/b10-8-,11-9-,16-14-,17-15-,22-20-,23-21-,28-26-,29-27-,35-33-,44-39-,51-49-,57-55-,63-61-,69-67-. The lowest BCUT2D eigenvalue weighted by Gasteiger charge is -2.28. The van der Waals surface area contributed by atoms with Crippen molar-refractivity contribution >= 4 is 19.8 Å². The van der Waals surface area contributed by atoms with Crippen molar-refractivity contribution in [1.82, 2.24) is 0 Å². The van der Waals surface area contributed by atoms with Crippen LogP contribution in [0.3, 0.4) is 0 Å². The number of hydrogen-bond acceptors (Lipinski definition) is 8. The van der Waals surface area contributed by atoms with E-state index >= 15 is 0 Å². The van der Waals surface area contributed by atoms with Crippen LogP contribution in [0.25, 0.3) is 0 Å². The number of unbranched alkanes of at least 4 members (excludes halogenated alkanes) is 26. The Labute approximate surface area is 578 Å². The molecular formula is C84H140NO8P. The van der Waals surface area contributed by atoms with E-state index in [0.717, 1.165) is 122 Å². The van der Waals surface area contributed by atoms with Crippen molar-refractivity contribution in [2.24, 2.45) is 0 Å². The van der Waals surface area contributed by atoms with Crippen molar-refractivity contribution in [2.45, 2.75) is 302 Å². The highest BCUT2D eigenvalue weighted by atomic mass is 31.2. The Kier molecular flexibility index (Phi) is 69.1. The monoisotopic (exact) mass is 1320 g/mol. The van der Waals surface area contributed by atoms with Gasteiger partial charge in [-0.3, -0.25) is 14.2 Å². The number of carbonyl (C=O) groups is 2. The zero-order chi connectivity index (χ0) is 68.3. The lowest BCUT2D eigenvalue weighted by molar-refractivity contribution is -0.870. The van der Waals surface area contributed by atoms with Gasteiger partial charge in [0.15, 0.2) is 6.10 Å². The molecule has 534 valence electrons. The average Bonchev–Trinajstić information content (AvgIpc) is 1.56. The molecule has 0 aliphatic heterocycles. The summed E-state index contributed by atoms with van der Waals surface area (Å²) >= 11 is 0. The molecule has 0 saturated heterocycles. The molecule has 0 aliphatic carbocycles. The number of likely N-dealkylation sites (N-methyl/N-ethyl adjacent to an activating group) is 1. The molecule has 0 radical (unpaired) electrons. The Hall–Kier alpha value is -4.63. The van der Waals surface area contributed by atoms with E-state index in [1.54, 1.807) is 0 Å². The van der Waals surface area contributed by atoms with Gasteiger partial charge in [0, 0.05) is 12.8 Å². The van der Waals surface area contributed by atoms with Crippen LogP contribution >= 0.6 is 7.82 Å². The minimum absolute atomic E-state index is 0.0468. The molecule has 10 heteroatoms. The van der Waals surface area contributed by atoms with Gasteiger partial charge in [0.25, 0.3) is 7.82 Å². The molecule has 0 aliphatic rings. The summed E-state index contributed by atoms with van der Waals surface area (Å²) in [5.74, 6) is -0.886. The number of phosphoric acid groups is 1. The Bertz CT molecular complexity index is 2200. The number of ether oxygens (including phenoxy) is 2. The second-order valence-corrected chi connectivity index (χ2v) is 27.3. The normalized spacial score (nSPS) is 14.1. The van der Waals surface area contributed by atoms with E-state index in [1.165, 1.54) is 141 Å². The molecule has 0 amide bonds. The number of carbonyl (C=O) groups excluding carboxylic acids is 2. The molecule has 0 spiro atoms. The smallest absolute Gasteiger partial charge is 0.306 e. The van der Waals surface area contributed by atoms with Crippen molar-refractivity contribution in [3.05, 3.63) is 170 Å². The fraction of sp³-hybridized carbons (Fsp3) is 0.643. The number of allylic oxidation sites excluding steroid dienone is 28. The summed E-state index contributed by atoms with van der Waals surface area (Å²) in [6.07, 6.45) is 110. The van der Waals surface area contributed by atoms with Crippen LogP contribution in [0, 0.1) is 0 Å². The molecule has 9 nitrogen and oxygen atoms in total. The van der Waals surface area contributed by atoms with Crippen molar-refractivity contribution in [3.8, 4) is 0 Å². The predicted molar refractivity (Wildman–Crippen MR) is 406 cm³/mol. The summed E-state index contributed by atoms with van der Waals surface area (Å²) in [6, 6.07) is 0. The first-order valence-corrected chi connectivity index (χ1v) is 39.3. The largest absolute Gasteiger partial charge is 0.756 e. The molecule has 0 aromatic carbocycles. The van der Waals surface area contributed by atoms with Crippen LogP contribution in [-0.2, 0) is 32.7 Å². The first-order valence-electron chi connectivity index (χ1n) is 37.8. The summed E-state index contributed by atoms with van der Waals surface area (Å²) in [7, 11) is 1.12. The van der Waals surface area contributed by atoms with Crippen molar-refractivity contribution in [1.29, 1.82) is 0 Å². The molecule has 0 rings (SSSR count). The minimum Gasteiger partial charge on any atom is -0.756 e. The van der Waals surface area contributed by atoms with E-state index in [0.29, 0.717) is 17.4 Å². The quantitative estimate of drug-likeness (QED) is 0.0195. The molecule has 0 N–H and O–H groups in total. The summed E-state index contributed by atoms with van der Waals surface area (Å²) in [4.78, 5) is 38.1. The summed E-state index contributed by atoms with van der Waals surface area (Å²) in [5, 5.41) is 0. The van der Waals surface area contributed by atoms with Gasteiger partial charge in [-0.2, -0.15) is 0 Å². The molecule has 2 atom stereocenters. The average molecular weight is 1320 g/mol. The lowest BCUT2D eigenvalue weighted by atomic mass is 10.0. The van der Waals surface area contributed by atoms with Gasteiger partial charge in [0.05, 0.1) is 27.7 Å². The van der Waals surface area contributed by atoms with Crippen LogP contribution in [0.15, 0.2) is 170 Å². The Balaban J connectivity index is 4.09. The molecule has 0 bridgehead atoms. The topological polar surface area (TPSA) is 111 Å². The molecule has 2 unspecified atom stereocenters. The maximum atomic E-state index is 12.9. The van der Waals surface area contributed by atoms with E-state index in [1.807, 2.05) is 21.1 Å². The second kappa shape index (κ2) is 72.6. The molecule has 0 heterocycles. The maximum Gasteiger partial charge on any atom is 0.306 e. The number of hydrogen-bond donors (Lipinski definition) is 0. The van der Waals surface area contributed by atoms with Gasteiger partial charge in [0.1, 0.15) is 19.8 Å². The van der Waals surface area contributed by atoms with Gasteiger partial charge in [-0.15, -0.1) is 0 Å². The third kappa shape index (κ3) is 76.4. The van der Waals surface area contributed by atoms with E-state index in [2.05, 4.69) is 184 Å². The van der Waals surface area contributed by atoms with E-state index in [9.17, 15) is 19.0 Å². The number of phosphoric ester groups is 1. The van der Waals surface area contributed by atoms with Crippen LogP contribution < -0.4 is 4.89 Å². The first-order chi connectivity index (χ1) is 46.0. The molecule has 0 aromatic rings. The van der Waals surface area contributed by atoms with Crippen LogP contribution in [0.5, 0.6) is 0 Å². The highest BCUT2D eigenvalue weighted by Gasteiger charge is 2.22. The number of rotatable bonds is 68. The first kappa shape index (κ1) is 89.4. The van der Waals surface area contributed by atoms with Gasteiger partial charge in [-0.05, 0) is 128 Å². The lowest BCUT2D eigenvalue weighted by Crippen LogP contribution is -2.37. The Morgan fingerprint density at radius 3 is 0.872 bits per heavy atom. The second-order valence-electron chi connectivity index (χ2n) is 25.9. The fourth-order valence-corrected chi connectivity index (χ4v) is 10.8. The summed E-state index contributed by atoms with van der Waals surface area (Å²) in [5.41, 5.74) is 0. The Morgan fingerprint density at radius 1 is 0.330 bits per heavy atom. The minimum atomic E-state index is -4.67. The summed E-state index contributed by atoms with van der Waals surface area (Å²) in [6.45, 7) is 3.97. The van der Waals surface area contributed by atoms with Crippen LogP contribution in [0.1, 0.15) is 296 Å². The summed E-state index contributed by atoms with van der Waals surface area (Å²) < 4.78 is 34.3. The molecule has 0 saturated carbocycles. The van der Waals surface area contributed by atoms with Crippen molar-refractivity contribution < 1.29 is 42.1 Å².